The van der Waals surface area contributed by atoms with Gasteiger partial charge in [-0.1, -0.05) is 36.4 Å². The van der Waals surface area contributed by atoms with E-state index >= 15 is 0 Å². The average Bonchev–Trinajstić information content (AvgIpc) is 3.14. The van der Waals surface area contributed by atoms with Gasteiger partial charge in [-0.2, -0.15) is 0 Å². The van der Waals surface area contributed by atoms with Crippen molar-refractivity contribution in [2.24, 2.45) is 0 Å². The highest BCUT2D eigenvalue weighted by molar-refractivity contribution is 6.05. The molecule has 4 aromatic rings. The summed E-state index contributed by atoms with van der Waals surface area (Å²) in [4.78, 5) is 8.71. The molecule has 0 unspecified atom stereocenters. The van der Waals surface area contributed by atoms with E-state index in [-0.39, 0.29) is 6.04 Å². The molecule has 2 aromatic carbocycles. The number of aromatic nitrogens is 2. The van der Waals surface area contributed by atoms with Crippen LogP contribution in [0.25, 0.3) is 22.1 Å². The molecule has 2 atom stereocenters. The van der Waals surface area contributed by atoms with Crippen LogP contribution in [-0.4, -0.2) is 21.2 Å². The molecule has 0 saturated heterocycles. The summed E-state index contributed by atoms with van der Waals surface area (Å²) in [7, 11) is 0. The normalized spacial score (nSPS) is 19.7. The quantitative estimate of drug-likeness (QED) is 0.592. The minimum Gasteiger partial charge on any atom is -0.450 e. The van der Waals surface area contributed by atoms with Gasteiger partial charge in [0.1, 0.15) is 17.4 Å². The van der Waals surface area contributed by atoms with Gasteiger partial charge in [-0.15, -0.1) is 0 Å². The van der Waals surface area contributed by atoms with Gasteiger partial charge in [-0.05, 0) is 23.3 Å². The van der Waals surface area contributed by atoms with Gasteiger partial charge >= 0.3 is 0 Å². The van der Waals surface area contributed by atoms with Crippen LogP contribution in [0.5, 0.6) is 0 Å². The Labute approximate surface area is 138 Å². The van der Waals surface area contributed by atoms with Crippen molar-refractivity contribution < 1.29 is 9.52 Å². The Kier molecular flexibility index (Phi) is 2.84. The van der Waals surface area contributed by atoms with Gasteiger partial charge in [0.25, 0.3) is 0 Å². The number of nitrogens with zero attached hydrogens (tertiary/aromatic N) is 2. The van der Waals surface area contributed by atoms with Gasteiger partial charge < -0.3 is 14.8 Å². The molecule has 5 nitrogen and oxygen atoms in total. The van der Waals surface area contributed by atoms with Gasteiger partial charge in [-0.25, -0.2) is 9.97 Å². The van der Waals surface area contributed by atoms with Crippen LogP contribution in [0.1, 0.15) is 17.2 Å². The molecule has 0 aliphatic heterocycles. The maximum atomic E-state index is 10.4. The minimum absolute atomic E-state index is 0.201. The third kappa shape index (κ3) is 1.91. The molecular weight excluding hydrogens is 302 g/mol. The second-order valence-corrected chi connectivity index (χ2v) is 6.09. The molecule has 118 valence electrons. The molecule has 0 amide bonds. The van der Waals surface area contributed by atoms with E-state index in [0.29, 0.717) is 17.8 Å². The first kappa shape index (κ1) is 13.5. The van der Waals surface area contributed by atoms with Crippen molar-refractivity contribution in [2.75, 3.05) is 5.32 Å². The van der Waals surface area contributed by atoms with Gasteiger partial charge in [-0.3, -0.25) is 0 Å². The number of benzene rings is 2. The summed E-state index contributed by atoms with van der Waals surface area (Å²) in [5.41, 5.74) is 4.45. The molecule has 0 saturated carbocycles. The number of furan rings is 1. The maximum absolute atomic E-state index is 10.4. The van der Waals surface area contributed by atoms with Crippen LogP contribution in [0.15, 0.2) is 59.3 Å². The summed E-state index contributed by atoms with van der Waals surface area (Å²) in [5.74, 6) is 0.608. The summed E-state index contributed by atoms with van der Waals surface area (Å²) >= 11 is 0. The number of hydrogen-bond acceptors (Lipinski definition) is 5. The third-order valence-corrected chi connectivity index (χ3v) is 4.65. The van der Waals surface area contributed by atoms with Crippen molar-refractivity contribution in [2.45, 2.75) is 18.6 Å². The van der Waals surface area contributed by atoms with E-state index < -0.39 is 6.10 Å². The molecule has 0 radical (unpaired) electrons. The highest BCUT2D eigenvalue weighted by Gasteiger charge is 2.31. The fourth-order valence-electron chi connectivity index (χ4n) is 3.52. The molecule has 24 heavy (non-hydrogen) atoms. The van der Waals surface area contributed by atoms with Crippen molar-refractivity contribution in [1.29, 1.82) is 0 Å². The molecule has 5 rings (SSSR count). The fourth-order valence-corrected chi connectivity index (χ4v) is 3.52. The number of aliphatic hydroxyl groups excluding tert-OH is 1. The predicted octanol–water partition coefficient (Wildman–Crippen LogP) is 3.45. The Morgan fingerprint density at radius 1 is 1.04 bits per heavy atom. The van der Waals surface area contributed by atoms with Crippen LogP contribution in [0.2, 0.25) is 0 Å². The molecular formula is C19H15N3O2. The Hall–Kier alpha value is -2.92. The molecule has 2 aromatic heterocycles. The van der Waals surface area contributed by atoms with Crippen LogP contribution in [0.3, 0.4) is 0 Å². The lowest BCUT2D eigenvalue weighted by molar-refractivity contribution is 0.165. The van der Waals surface area contributed by atoms with Crippen molar-refractivity contribution in [3.8, 4) is 0 Å². The van der Waals surface area contributed by atoms with Crippen molar-refractivity contribution in [3.05, 3.63) is 66.0 Å². The van der Waals surface area contributed by atoms with E-state index in [0.717, 1.165) is 27.6 Å². The van der Waals surface area contributed by atoms with Crippen LogP contribution >= 0.6 is 0 Å². The Morgan fingerprint density at radius 3 is 2.83 bits per heavy atom. The first-order chi connectivity index (χ1) is 11.8. The lowest BCUT2D eigenvalue weighted by atomic mass is 10.1. The lowest BCUT2D eigenvalue weighted by Gasteiger charge is -2.18. The summed E-state index contributed by atoms with van der Waals surface area (Å²) in [6.07, 6.45) is 1.68. The molecule has 0 spiro atoms. The first-order valence-electron chi connectivity index (χ1n) is 7.96. The summed E-state index contributed by atoms with van der Waals surface area (Å²) in [5, 5.41) is 14.8. The summed E-state index contributed by atoms with van der Waals surface area (Å²) in [6, 6.07) is 15.7. The standard InChI is InChI=1S/C19H15N3O2/c23-14-9-11-5-1-2-6-12(11)16(14)22-19-18-17(20-10-21-19)13-7-3-4-8-15(13)24-18/h1-8,10,14,16,23H,9H2,(H,20,21,22)/t14-,16+/m0/s1. The minimum atomic E-state index is -0.489. The molecule has 0 bridgehead atoms. The zero-order chi connectivity index (χ0) is 16.1. The van der Waals surface area contributed by atoms with E-state index in [2.05, 4.69) is 21.4 Å². The molecule has 1 aliphatic carbocycles. The van der Waals surface area contributed by atoms with Crippen molar-refractivity contribution in [1.82, 2.24) is 9.97 Å². The zero-order valence-corrected chi connectivity index (χ0v) is 12.8. The molecule has 2 N–H and O–H groups in total. The van der Waals surface area contributed by atoms with E-state index in [1.165, 1.54) is 6.33 Å². The number of anilines is 1. The SMILES string of the molecule is O[C@H]1Cc2ccccc2[C@H]1Nc1ncnc2c1oc1ccccc12. The van der Waals surface area contributed by atoms with E-state index in [1.54, 1.807) is 0 Å². The largest absolute Gasteiger partial charge is 0.450 e. The summed E-state index contributed by atoms with van der Waals surface area (Å²) in [6.45, 7) is 0. The van der Waals surface area contributed by atoms with Gasteiger partial charge in [0, 0.05) is 11.8 Å². The van der Waals surface area contributed by atoms with Crippen LogP contribution in [0, 0.1) is 0 Å². The molecule has 0 fully saturated rings. The molecule has 5 heteroatoms. The third-order valence-electron chi connectivity index (χ3n) is 4.65. The average molecular weight is 317 g/mol. The Balaban J connectivity index is 1.63. The first-order valence-corrected chi connectivity index (χ1v) is 7.96. The highest BCUT2D eigenvalue weighted by atomic mass is 16.3. The fraction of sp³-hybridized carbons (Fsp3) is 0.158. The van der Waals surface area contributed by atoms with E-state index in [4.69, 9.17) is 4.42 Å². The number of hydrogen-bond donors (Lipinski definition) is 2. The van der Waals surface area contributed by atoms with E-state index in [1.807, 2.05) is 42.5 Å². The van der Waals surface area contributed by atoms with Crippen LogP contribution in [-0.2, 0) is 6.42 Å². The van der Waals surface area contributed by atoms with Crippen molar-refractivity contribution >= 4 is 27.9 Å². The number of aliphatic hydroxyl groups is 1. The second-order valence-electron chi connectivity index (χ2n) is 6.09. The zero-order valence-electron chi connectivity index (χ0n) is 12.8. The number of para-hydroxylation sites is 1. The Bertz CT molecular complexity index is 1060. The number of nitrogens with one attached hydrogen (secondary N) is 1. The predicted molar refractivity (Wildman–Crippen MR) is 91.8 cm³/mol. The summed E-state index contributed by atoms with van der Waals surface area (Å²) < 4.78 is 5.95. The highest BCUT2D eigenvalue weighted by Crippen LogP contribution is 2.36. The number of fused-ring (bicyclic) bond motifs is 4. The topological polar surface area (TPSA) is 71.2 Å². The second kappa shape index (κ2) is 5.04. The van der Waals surface area contributed by atoms with E-state index in [9.17, 15) is 5.11 Å². The molecule has 1 aliphatic rings. The monoisotopic (exact) mass is 317 g/mol. The smallest absolute Gasteiger partial charge is 0.196 e. The van der Waals surface area contributed by atoms with Crippen molar-refractivity contribution in [3.63, 3.8) is 0 Å². The van der Waals surface area contributed by atoms with Gasteiger partial charge in [0.2, 0.25) is 0 Å². The number of rotatable bonds is 2. The molecule has 2 heterocycles. The Morgan fingerprint density at radius 2 is 1.88 bits per heavy atom. The van der Waals surface area contributed by atoms with Crippen LogP contribution in [0.4, 0.5) is 5.82 Å². The lowest BCUT2D eigenvalue weighted by Crippen LogP contribution is -2.21. The maximum Gasteiger partial charge on any atom is 0.196 e. The van der Waals surface area contributed by atoms with Gasteiger partial charge in [0.15, 0.2) is 11.4 Å². The van der Waals surface area contributed by atoms with Crippen LogP contribution < -0.4 is 5.32 Å². The van der Waals surface area contributed by atoms with Gasteiger partial charge in [0.05, 0.1) is 12.1 Å².